The number of aryl methyl sites for hydroxylation is 1. The number of amides is 2. The molecule has 0 atom stereocenters. The Morgan fingerprint density at radius 2 is 1.68 bits per heavy atom. The van der Waals surface area contributed by atoms with E-state index in [4.69, 9.17) is 0 Å². The van der Waals surface area contributed by atoms with E-state index in [0.717, 1.165) is 25.8 Å². The second-order valence-electron chi connectivity index (χ2n) is 8.02. The van der Waals surface area contributed by atoms with Crippen LogP contribution in [0.5, 0.6) is 0 Å². The molecule has 0 saturated carbocycles. The molecule has 1 aromatic heterocycles. The van der Waals surface area contributed by atoms with Gasteiger partial charge in [0.1, 0.15) is 5.82 Å². The lowest BCUT2D eigenvalue weighted by atomic mass is 9.92. The molecule has 4 nitrogen and oxygen atoms in total. The monoisotopic (exact) mass is 424 g/mol. The fourth-order valence-corrected chi connectivity index (χ4v) is 5.04. The minimum atomic E-state index is -0.923. The molecule has 0 spiro atoms. The fraction of sp³-hybridized carbons (Fsp3) is 0.476. The number of hydrogen-bond donors (Lipinski definition) is 3. The first-order valence-corrected chi connectivity index (χ1v) is 10.9. The maximum atomic E-state index is 14.0. The van der Waals surface area contributed by atoms with Gasteiger partial charge < -0.3 is 10.4 Å². The maximum absolute atomic E-state index is 14.0. The van der Waals surface area contributed by atoms with E-state index in [1.165, 1.54) is 35.4 Å². The summed E-state index contributed by atoms with van der Waals surface area (Å²) in [5, 5.41) is 13.1. The molecule has 0 unspecified atom stereocenters. The van der Waals surface area contributed by atoms with Gasteiger partial charge in [-0.1, -0.05) is 27.7 Å². The van der Waals surface area contributed by atoms with Crippen molar-refractivity contribution in [3.63, 3.8) is 0 Å². The van der Waals surface area contributed by atoms with Crippen LogP contribution >= 0.6 is 23.3 Å². The molecule has 2 aromatic rings. The first-order chi connectivity index (χ1) is 12.9. The zero-order valence-corrected chi connectivity index (χ0v) is 19.1. The number of benzene rings is 1. The summed E-state index contributed by atoms with van der Waals surface area (Å²) in [6.07, 6.45) is 0. The number of anilines is 1. The molecule has 0 aliphatic rings. The largest absolute Gasteiger partial charge is 0.386 e. The van der Waals surface area contributed by atoms with Crippen molar-refractivity contribution in [1.82, 2.24) is 4.72 Å². The molecular weight excluding hydrogens is 395 g/mol. The summed E-state index contributed by atoms with van der Waals surface area (Å²) in [4.78, 5) is 13.5. The third kappa shape index (κ3) is 5.49. The van der Waals surface area contributed by atoms with Crippen molar-refractivity contribution >= 4 is 35.0 Å². The van der Waals surface area contributed by atoms with Gasteiger partial charge in [-0.15, -0.1) is 11.3 Å². The Labute approximate surface area is 175 Å². The maximum Gasteiger partial charge on any atom is 0.329 e. The quantitative estimate of drug-likeness (QED) is 0.464. The molecule has 0 saturated heterocycles. The molecule has 3 N–H and O–H groups in total. The molecule has 1 aromatic carbocycles. The highest BCUT2D eigenvalue weighted by Crippen LogP contribution is 2.36. The molecular formula is C21H29FN2O2S2. The van der Waals surface area contributed by atoms with E-state index in [1.54, 1.807) is 13.8 Å². The summed E-state index contributed by atoms with van der Waals surface area (Å²) in [6, 6.07) is 4.49. The first-order valence-electron chi connectivity index (χ1n) is 9.30. The summed E-state index contributed by atoms with van der Waals surface area (Å²) < 4.78 is 17.7. The van der Waals surface area contributed by atoms with Crippen molar-refractivity contribution in [2.75, 3.05) is 5.32 Å². The number of urea groups is 1. The molecule has 0 fully saturated rings. The molecule has 0 aliphatic heterocycles. The molecule has 0 radical (unpaired) electrons. The van der Waals surface area contributed by atoms with Crippen LogP contribution in [0.15, 0.2) is 22.4 Å². The van der Waals surface area contributed by atoms with Gasteiger partial charge in [-0.05, 0) is 79.4 Å². The molecule has 2 amide bonds. The average molecular weight is 425 g/mol. The smallest absolute Gasteiger partial charge is 0.329 e. The topological polar surface area (TPSA) is 61.4 Å². The van der Waals surface area contributed by atoms with Crippen molar-refractivity contribution in [3.05, 3.63) is 45.6 Å². The Morgan fingerprint density at radius 3 is 2.11 bits per heavy atom. The summed E-state index contributed by atoms with van der Waals surface area (Å²) >= 11 is 2.72. The van der Waals surface area contributed by atoms with Crippen LogP contribution in [0.4, 0.5) is 14.9 Å². The molecule has 0 aliphatic carbocycles. The molecule has 28 heavy (non-hydrogen) atoms. The van der Waals surface area contributed by atoms with E-state index in [1.807, 2.05) is 40.7 Å². The number of rotatable bonds is 6. The van der Waals surface area contributed by atoms with Crippen LogP contribution in [0.25, 0.3) is 0 Å². The number of aliphatic hydroxyl groups is 1. The highest BCUT2D eigenvalue weighted by atomic mass is 32.2. The second-order valence-corrected chi connectivity index (χ2v) is 10.4. The number of carbonyl (C=O) groups is 1. The van der Waals surface area contributed by atoms with E-state index >= 15 is 0 Å². The van der Waals surface area contributed by atoms with Crippen molar-refractivity contribution in [1.29, 1.82) is 0 Å². The second kappa shape index (κ2) is 8.84. The third-order valence-electron chi connectivity index (χ3n) is 4.45. The highest BCUT2D eigenvalue weighted by Gasteiger charge is 2.22. The van der Waals surface area contributed by atoms with E-state index in [9.17, 15) is 14.3 Å². The van der Waals surface area contributed by atoms with Crippen LogP contribution in [0.3, 0.4) is 0 Å². The van der Waals surface area contributed by atoms with Crippen molar-refractivity contribution < 1.29 is 14.3 Å². The number of carbonyl (C=O) groups excluding carboxylic acids is 1. The van der Waals surface area contributed by atoms with Gasteiger partial charge in [0.05, 0.1) is 9.81 Å². The van der Waals surface area contributed by atoms with Gasteiger partial charge in [0.25, 0.3) is 0 Å². The van der Waals surface area contributed by atoms with E-state index in [0.29, 0.717) is 5.69 Å². The molecule has 2 rings (SSSR count). The predicted octanol–water partition coefficient (Wildman–Crippen LogP) is 6.50. The highest BCUT2D eigenvalue weighted by molar-refractivity contribution is 7.99. The van der Waals surface area contributed by atoms with Crippen LogP contribution in [0, 0.1) is 12.7 Å². The van der Waals surface area contributed by atoms with Gasteiger partial charge in [0, 0.05) is 10.6 Å². The van der Waals surface area contributed by atoms with Gasteiger partial charge in [-0.2, -0.15) is 0 Å². The van der Waals surface area contributed by atoms with Crippen LogP contribution in [-0.4, -0.2) is 11.1 Å². The molecule has 154 valence electrons. The van der Waals surface area contributed by atoms with E-state index in [-0.39, 0.29) is 23.7 Å². The summed E-state index contributed by atoms with van der Waals surface area (Å²) in [5.41, 5.74) is 2.16. The van der Waals surface area contributed by atoms with Crippen LogP contribution in [0.1, 0.15) is 74.9 Å². The fourth-order valence-electron chi connectivity index (χ4n) is 3.05. The number of hydrogen-bond acceptors (Lipinski definition) is 4. The van der Waals surface area contributed by atoms with Crippen molar-refractivity contribution in [3.8, 4) is 0 Å². The number of halogens is 1. The molecule has 7 heteroatoms. The lowest BCUT2D eigenvalue weighted by Crippen LogP contribution is -2.24. The SMILES string of the molecule is Cc1sc(SNC(=O)Nc2c(C(C)C)cc(F)cc2C(C)C)cc1C(C)(C)O. The van der Waals surface area contributed by atoms with E-state index in [2.05, 4.69) is 10.0 Å². The summed E-state index contributed by atoms with van der Waals surface area (Å²) in [7, 11) is 0. The Kier molecular flexibility index (Phi) is 7.17. The summed E-state index contributed by atoms with van der Waals surface area (Å²) in [5.74, 6) is -0.142. The standard InChI is InChI=1S/C21H29FN2O2S2/c1-11(2)15-8-14(22)9-16(12(3)4)19(15)23-20(25)24-28-18-10-17(13(5)27-18)21(6,7)26/h8-12,26H,1-7H3,(H2,23,24,25). The zero-order chi connectivity index (χ0) is 21.2. The molecule has 1 heterocycles. The number of thiophene rings is 1. The first kappa shape index (κ1) is 22.7. The van der Waals surface area contributed by atoms with Crippen LogP contribution in [0.2, 0.25) is 0 Å². The minimum Gasteiger partial charge on any atom is -0.386 e. The van der Waals surface area contributed by atoms with Gasteiger partial charge >= 0.3 is 6.03 Å². The lowest BCUT2D eigenvalue weighted by Gasteiger charge is -2.20. The minimum absolute atomic E-state index is 0.0745. The number of nitrogens with one attached hydrogen (secondary N) is 2. The normalized spacial score (nSPS) is 12.0. The average Bonchev–Trinajstić information content (AvgIpc) is 2.95. The lowest BCUT2D eigenvalue weighted by molar-refractivity contribution is 0.0783. The van der Waals surface area contributed by atoms with Gasteiger partial charge in [-0.3, -0.25) is 4.72 Å². The molecule has 0 bridgehead atoms. The van der Waals surface area contributed by atoms with Crippen LogP contribution < -0.4 is 10.0 Å². The Morgan fingerprint density at radius 1 is 1.14 bits per heavy atom. The van der Waals surface area contributed by atoms with Crippen molar-refractivity contribution in [2.24, 2.45) is 0 Å². The van der Waals surface area contributed by atoms with Crippen LogP contribution in [-0.2, 0) is 5.60 Å². The zero-order valence-electron chi connectivity index (χ0n) is 17.4. The third-order valence-corrected chi connectivity index (χ3v) is 6.40. The Bertz CT molecular complexity index is 826. The Hall–Kier alpha value is -1.57. The van der Waals surface area contributed by atoms with Gasteiger partial charge in [-0.25, -0.2) is 9.18 Å². The van der Waals surface area contributed by atoms with Gasteiger partial charge in [0.15, 0.2) is 0 Å². The van der Waals surface area contributed by atoms with E-state index < -0.39 is 5.60 Å². The summed E-state index contributed by atoms with van der Waals surface area (Å²) in [6.45, 7) is 13.3. The Balaban J connectivity index is 2.18. The van der Waals surface area contributed by atoms with Crippen molar-refractivity contribution in [2.45, 2.75) is 70.1 Å². The predicted molar refractivity (Wildman–Crippen MR) is 117 cm³/mol. The van der Waals surface area contributed by atoms with Gasteiger partial charge in [0.2, 0.25) is 0 Å².